The highest BCUT2D eigenvalue weighted by Gasteiger charge is 2.81. The van der Waals surface area contributed by atoms with Crippen LogP contribution >= 0.6 is 15.9 Å². The van der Waals surface area contributed by atoms with Crippen molar-refractivity contribution in [1.82, 2.24) is 0 Å². The van der Waals surface area contributed by atoms with Crippen molar-refractivity contribution >= 4 is 43.8 Å². The molecule has 5 N–H and O–H groups in total. The molecule has 0 aromatic heterocycles. The summed E-state index contributed by atoms with van der Waals surface area (Å²) in [6.45, 7) is -1.84. The van der Waals surface area contributed by atoms with Gasteiger partial charge in [-0.15, -0.1) is 0 Å². The number of carbonyl (C=O) groups is 5. The van der Waals surface area contributed by atoms with Gasteiger partial charge >= 0.3 is 0 Å². The molecule has 10 nitrogen and oxygen atoms in total. The molecule has 45 heavy (non-hydrogen) atoms. The van der Waals surface area contributed by atoms with E-state index >= 15 is 0 Å². The molecule has 0 saturated heterocycles. The number of aliphatic hydroxyl groups excluding tert-OH is 1. The van der Waals surface area contributed by atoms with E-state index in [1.807, 2.05) is 0 Å². The first kappa shape index (κ1) is 33.4. The molecule has 0 fully saturated rings. The fourth-order valence-corrected chi connectivity index (χ4v) is 5.68. The van der Waals surface area contributed by atoms with E-state index in [9.17, 15) is 49.5 Å². The van der Waals surface area contributed by atoms with Crippen molar-refractivity contribution in [3.63, 3.8) is 0 Å². The van der Waals surface area contributed by atoms with Crippen molar-refractivity contribution in [2.75, 3.05) is 6.61 Å². The molecule has 0 aliphatic rings. The van der Waals surface area contributed by atoms with E-state index in [2.05, 4.69) is 15.9 Å². The first-order valence-electron chi connectivity index (χ1n) is 13.4. The van der Waals surface area contributed by atoms with E-state index in [-0.39, 0.29) is 0 Å². The lowest BCUT2D eigenvalue weighted by Gasteiger charge is -2.52. The number of halogens is 1. The molecule has 4 aromatic carbocycles. The van der Waals surface area contributed by atoms with Crippen LogP contribution in [0.2, 0.25) is 0 Å². The van der Waals surface area contributed by atoms with Crippen LogP contribution in [0.3, 0.4) is 0 Å². The predicted octanol–water partition coefficient (Wildman–Crippen LogP) is 2.36. The van der Waals surface area contributed by atoms with Crippen LogP contribution < -0.4 is 0 Å². The van der Waals surface area contributed by atoms with Crippen molar-refractivity contribution in [3.8, 4) is 0 Å². The van der Waals surface area contributed by atoms with Gasteiger partial charge in [0.2, 0.25) is 38.8 Å². The molecule has 0 spiro atoms. The van der Waals surface area contributed by atoms with Gasteiger partial charge in [-0.05, 0) is 15.9 Å². The Morgan fingerprint density at radius 3 is 1.07 bits per heavy atom. The molecule has 4 rings (SSSR count). The smallest absolute Gasteiger partial charge is 0.241 e. The third-order valence-corrected chi connectivity index (χ3v) is 8.24. The van der Waals surface area contributed by atoms with Crippen molar-refractivity contribution in [2.45, 2.75) is 22.4 Å². The molecule has 0 radical (unpaired) electrons. The summed E-state index contributed by atoms with van der Waals surface area (Å²) in [6.07, 6.45) is 0. The summed E-state index contributed by atoms with van der Waals surface area (Å²) < 4.78 is -1.82. The number of rotatable bonds is 13. The number of carbonyl (C=O) groups excluding carboxylic acids is 5. The third-order valence-electron chi connectivity index (χ3n) is 7.66. The number of hydrogen-bond acceptors (Lipinski definition) is 10. The van der Waals surface area contributed by atoms with Crippen LogP contribution in [-0.4, -0.2) is 82.4 Å². The third kappa shape index (κ3) is 5.19. The van der Waals surface area contributed by atoms with Gasteiger partial charge in [0.05, 0.1) is 6.61 Å². The van der Waals surface area contributed by atoms with Crippen molar-refractivity contribution in [2.24, 2.45) is 0 Å². The zero-order valence-corrected chi connectivity index (χ0v) is 25.0. The summed E-state index contributed by atoms with van der Waals surface area (Å²) in [7, 11) is 0. The molecule has 0 unspecified atom stereocenters. The van der Waals surface area contributed by atoms with E-state index in [1.54, 1.807) is 0 Å². The second-order valence-corrected chi connectivity index (χ2v) is 10.9. The summed E-state index contributed by atoms with van der Waals surface area (Å²) in [5, 5.41) is 60.3. The SMILES string of the molecule is O=C(Br)[C@](O)(C(=O)c1ccccc1)[C@](O)(C(=O)c1ccccc1)[C@@](O)(C(=O)c1ccccc1)[C@](O)(CO)C(=O)c1ccccc1. The van der Waals surface area contributed by atoms with E-state index in [1.165, 1.54) is 72.8 Å². The van der Waals surface area contributed by atoms with Crippen LogP contribution in [0, 0.1) is 0 Å². The molecule has 0 aliphatic heterocycles. The normalized spacial score (nSPS) is 16.6. The average molecular weight is 675 g/mol. The fourth-order valence-electron chi connectivity index (χ4n) is 5.21. The number of benzene rings is 4. The maximum atomic E-state index is 14.5. The number of aliphatic hydroxyl groups is 5. The lowest BCUT2D eigenvalue weighted by molar-refractivity contribution is -0.229. The van der Waals surface area contributed by atoms with Gasteiger partial charge in [0.25, 0.3) is 0 Å². The first-order valence-corrected chi connectivity index (χ1v) is 14.2. The minimum absolute atomic E-state index is 0.411. The first-order chi connectivity index (χ1) is 21.3. The lowest BCUT2D eigenvalue weighted by atomic mass is 9.56. The summed E-state index contributed by atoms with van der Waals surface area (Å²) >= 11 is 2.47. The summed E-state index contributed by atoms with van der Waals surface area (Å²) in [5.74, 6) is -6.89. The minimum atomic E-state index is -4.41. The van der Waals surface area contributed by atoms with Gasteiger partial charge in [0.1, 0.15) is 0 Å². The van der Waals surface area contributed by atoms with E-state index in [4.69, 9.17) is 0 Å². The number of ketones is 4. The molecule has 11 heteroatoms. The molecule has 0 heterocycles. The Morgan fingerprint density at radius 2 is 0.756 bits per heavy atom. The van der Waals surface area contributed by atoms with Gasteiger partial charge in [-0.25, -0.2) is 0 Å². The fraction of sp³-hybridized carbons (Fsp3) is 0.147. The van der Waals surface area contributed by atoms with Gasteiger partial charge in [0.15, 0.2) is 11.4 Å². The Kier molecular flexibility index (Phi) is 9.54. The topological polar surface area (TPSA) is 186 Å². The summed E-state index contributed by atoms with van der Waals surface area (Å²) in [6, 6.07) is 25.3. The summed E-state index contributed by atoms with van der Waals surface area (Å²) in [5.41, 5.74) is -18.7. The lowest BCUT2D eigenvalue weighted by Crippen LogP contribution is -2.85. The largest absolute Gasteiger partial charge is 0.393 e. The summed E-state index contributed by atoms with van der Waals surface area (Å²) in [4.78, 5) is 70.5. The van der Waals surface area contributed by atoms with E-state index < -0.39 is 79.1 Å². The predicted molar refractivity (Wildman–Crippen MR) is 164 cm³/mol. The van der Waals surface area contributed by atoms with Crippen molar-refractivity contribution in [3.05, 3.63) is 144 Å². The zero-order valence-electron chi connectivity index (χ0n) is 23.4. The standard InChI is InChI=1S/C34H27BrO10/c35-30(41)32(43,27(38)23-15-7-2-8-16-23)34(45,29(40)25-19-11-4-12-20-25)33(44,28(39)24-17-9-3-10-18-24)31(42,21-36)26(37)22-13-5-1-6-14-22/h1-20,36,42-45H,21H2/t31-,32+,33+,34+/m0/s1. The molecule has 4 aromatic rings. The van der Waals surface area contributed by atoms with Gasteiger partial charge in [-0.1, -0.05) is 121 Å². The quantitative estimate of drug-likeness (QED) is 0.0801. The monoisotopic (exact) mass is 674 g/mol. The molecule has 0 saturated carbocycles. The minimum Gasteiger partial charge on any atom is -0.393 e. The second-order valence-electron chi connectivity index (χ2n) is 10.2. The van der Waals surface area contributed by atoms with E-state index in [0.29, 0.717) is 0 Å². The Morgan fingerprint density at radius 1 is 0.467 bits per heavy atom. The Balaban J connectivity index is 2.22. The maximum absolute atomic E-state index is 14.5. The molecule has 230 valence electrons. The number of hydrogen-bond donors (Lipinski definition) is 5. The highest BCUT2D eigenvalue weighted by atomic mass is 79.9. The van der Waals surface area contributed by atoms with Crippen LogP contribution in [0.4, 0.5) is 0 Å². The number of Topliss-reactive ketones (excluding diaryl/α,β-unsaturated/α-hetero) is 4. The molecule has 0 amide bonds. The van der Waals surface area contributed by atoms with Crippen LogP contribution in [0.1, 0.15) is 41.4 Å². The Labute approximate surface area is 265 Å². The van der Waals surface area contributed by atoms with Crippen LogP contribution in [0.5, 0.6) is 0 Å². The van der Waals surface area contributed by atoms with E-state index in [0.717, 1.165) is 48.5 Å². The molecule has 0 bridgehead atoms. The van der Waals surface area contributed by atoms with Crippen LogP contribution in [0.25, 0.3) is 0 Å². The average Bonchev–Trinajstić information content (AvgIpc) is 3.10. The maximum Gasteiger partial charge on any atom is 0.241 e. The molecule has 0 aliphatic carbocycles. The van der Waals surface area contributed by atoms with Crippen LogP contribution in [-0.2, 0) is 4.79 Å². The highest BCUT2D eigenvalue weighted by molar-refractivity contribution is 9.18. The highest BCUT2D eigenvalue weighted by Crippen LogP contribution is 2.48. The van der Waals surface area contributed by atoms with Gasteiger partial charge < -0.3 is 25.5 Å². The van der Waals surface area contributed by atoms with Crippen molar-refractivity contribution < 1.29 is 49.5 Å². The second kappa shape index (κ2) is 12.9. The van der Waals surface area contributed by atoms with Crippen molar-refractivity contribution in [1.29, 1.82) is 0 Å². The Bertz CT molecular complexity index is 1730. The zero-order chi connectivity index (χ0) is 33.0. The van der Waals surface area contributed by atoms with Gasteiger partial charge in [-0.3, -0.25) is 24.0 Å². The van der Waals surface area contributed by atoms with Gasteiger partial charge in [0, 0.05) is 22.3 Å². The van der Waals surface area contributed by atoms with Crippen LogP contribution in [0.15, 0.2) is 121 Å². The molecule has 4 atom stereocenters. The Hall–Kier alpha value is -4.49. The van der Waals surface area contributed by atoms with Gasteiger partial charge in [-0.2, -0.15) is 0 Å². The molecular formula is C34H27BrO10. The molecular weight excluding hydrogens is 648 g/mol.